The van der Waals surface area contributed by atoms with Gasteiger partial charge in [-0.2, -0.15) is 0 Å². The van der Waals surface area contributed by atoms with Crippen LogP contribution in [0.15, 0.2) is 24.3 Å². The van der Waals surface area contributed by atoms with Crippen molar-refractivity contribution in [3.8, 4) is 0 Å². The highest BCUT2D eigenvalue weighted by Crippen LogP contribution is 2.21. The lowest BCUT2D eigenvalue weighted by atomic mass is 9.96. The number of carbonyl (C=O) groups is 3. The highest BCUT2D eigenvalue weighted by atomic mass is 19.1. The lowest BCUT2D eigenvalue weighted by Gasteiger charge is -2.31. The Balaban J connectivity index is 1.83. The molecular weight excluding hydrogens is 339 g/mol. The van der Waals surface area contributed by atoms with Gasteiger partial charge in [0.1, 0.15) is 5.82 Å². The number of rotatable bonds is 6. The summed E-state index contributed by atoms with van der Waals surface area (Å²) in [4.78, 5) is 38.6. The van der Waals surface area contributed by atoms with Crippen LogP contribution >= 0.6 is 0 Å². The average Bonchev–Trinajstić information content (AvgIpc) is 2.61. The zero-order chi connectivity index (χ0) is 19.3. The second-order valence-corrected chi connectivity index (χ2v) is 6.90. The van der Waals surface area contributed by atoms with Crippen LogP contribution in [0.2, 0.25) is 0 Å². The van der Waals surface area contributed by atoms with Crippen molar-refractivity contribution in [1.82, 2.24) is 9.80 Å². The van der Waals surface area contributed by atoms with E-state index in [0.717, 1.165) is 5.56 Å². The second kappa shape index (κ2) is 8.78. The molecule has 7 heteroatoms. The molecule has 0 radical (unpaired) electrons. The lowest BCUT2D eigenvalue weighted by Crippen LogP contribution is -2.45. The maximum atomic E-state index is 13.3. The van der Waals surface area contributed by atoms with E-state index >= 15 is 0 Å². The molecule has 6 nitrogen and oxygen atoms in total. The molecule has 1 unspecified atom stereocenters. The molecule has 1 N–H and O–H groups in total. The van der Waals surface area contributed by atoms with Gasteiger partial charge < -0.3 is 14.9 Å². The number of carboxylic acid groups (broad SMARTS) is 1. The Kier molecular flexibility index (Phi) is 6.71. The summed E-state index contributed by atoms with van der Waals surface area (Å²) in [5.41, 5.74) is 0.744. The number of aliphatic carboxylic acids is 1. The standard InChI is InChI=1S/C19H25FN2O4/c1-13(15-4-3-5-16(20)11-15)10-17(23)21(2)12-18(24)22-8-6-14(7-9-22)19(25)26/h3-5,11,13-14H,6-10,12H2,1-2H3,(H,25,26). The van der Waals surface area contributed by atoms with Crippen molar-refractivity contribution in [3.63, 3.8) is 0 Å². The molecule has 1 atom stereocenters. The van der Waals surface area contributed by atoms with E-state index in [1.807, 2.05) is 6.92 Å². The molecule has 0 spiro atoms. The van der Waals surface area contributed by atoms with Gasteiger partial charge in [-0.25, -0.2) is 4.39 Å². The van der Waals surface area contributed by atoms with E-state index in [4.69, 9.17) is 5.11 Å². The quantitative estimate of drug-likeness (QED) is 0.839. The van der Waals surface area contributed by atoms with Crippen molar-refractivity contribution in [3.05, 3.63) is 35.6 Å². The number of likely N-dealkylation sites (tertiary alicyclic amines) is 1. The molecule has 0 saturated carbocycles. The van der Waals surface area contributed by atoms with Gasteiger partial charge in [0.05, 0.1) is 12.5 Å². The van der Waals surface area contributed by atoms with Gasteiger partial charge in [0.15, 0.2) is 0 Å². The second-order valence-electron chi connectivity index (χ2n) is 6.90. The number of piperidine rings is 1. The maximum absolute atomic E-state index is 13.3. The summed E-state index contributed by atoms with van der Waals surface area (Å²) in [6, 6.07) is 6.16. The van der Waals surface area contributed by atoms with E-state index in [9.17, 15) is 18.8 Å². The van der Waals surface area contributed by atoms with Crippen LogP contribution in [-0.2, 0) is 14.4 Å². The number of likely N-dealkylation sites (N-methyl/N-ethyl adjacent to an activating group) is 1. The first kappa shape index (κ1) is 19.9. The van der Waals surface area contributed by atoms with E-state index in [0.29, 0.717) is 25.9 Å². The van der Waals surface area contributed by atoms with Gasteiger partial charge in [-0.05, 0) is 36.5 Å². The van der Waals surface area contributed by atoms with Gasteiger partial charge in [-0.3, -0.25) is 14.4 Å². The molecule has 1 fully saturated rings. The first-order valence-corrected chi connectivity index (χ1v) is 8.78. The molecular formula is C19H25FN2O4. The Hall–Kier alpha value is -2.44. The van der Waals surface area contributed by atoms with E-state index in [-0.39, 0.29) is 36.5 Å². The molecule has 0 aliphatic carbocycles. The largest absolute Gasteiger partial charge is 0.481 e. The molecule has 26 heavy (non-hydrogen) atoms. The minimum absolute atomic E-state index is 0.0353. The normalized spacial score (nSPS) is 16.2. The third-order valence-corrected chi connectivity index (χ3v) is 4.89. The lowest BCUT2D eigenvalue weighted by molar-refractivity contribution is -0.146. The number of hydrogen-bond donors (Lipinski definition) is 1. The fourth-order valence-corrected chi connectivity index (χ4v) is 3.12. The van der Waals surface area contributed by atoms with Crippen LogP contribution in [-0.4, -0.2) is 59.4 Å². The van der Waals surface area contributed by atoms with Crippen LogP contribution in [0.1, 0.15) is 37.7 Å². The molecule has 1 aromatic carbocycles. The van der Waals surface area contributed by atoms with Gasteiger partial charge in [-0.15, -0.1) is 0 Å². The van der Waals surface area contributed by atoms with Crippen LogP contribution in [0.3, 0.4) is 0 Å². The zero-order valence-electron chi connectivity index (χ0n) is 15.2. The van der Waals surface area contributed by atoms with Crippen molar-refractivity contribution < 1.29 is 23.9 Å². The number of carbonyl (C=O) groups excluding carboxylic acids is 2. The van der Waals surface area contributed by atoms with Crippen molar-refractivity contribution in [1.29, 1.82) is 0 Å². The smallest absolute Gasteiger partial charge is 0.306 e. The fraction of sp³-hybridized carbons (Fsp3) is 0.526. The third-order valence-electron chi connectivity index (χ3n) is 4.89. The summed E-state index contributed by atoms with van der Waals surface area (Å²) < 4.78 is 13.3. The zero-order valence-corrected chi connectivity index (χ0v) is 15.2. The van der Waals surface area contributed by atoms with E-state index < -0.39 is 11.9 Å². The molecule has 142 valence electrons. The summed E-state index contributed by atoms with van der Waals surface area (Å²) in [6.07, 6.45) is 1.07. The molecule has 2 rings (SSSR count). The molecule has 1 aliphatic rings. The highest BCUT2D eigenvalue weighted by molar-refractivity contribution is 5.85. The Morgan fingerprint density at radius 2 is 1.96 bits per heavy atom. The van der Waals surface area contributed by atoms with Gasteiger partial charge in [0, 0.05) is 26.6 Å². The molecule has 1 aliphatic heterocycles. The topological polar surface area (TPSA) is 77.9 Å². The van der Waals surface area contributed by atoms with E-state index in [2.05, 4.69) is 0 Å². The Morgan fingerprint density at radius 1 is 1.31 bits per heavy atom. The van der Waals surface area contributed by atoms with Crippen LogP contribution in [0.25, 0.3) is 0 Å². The van der Waals surface area contributed by atoms with Gasteiger partial charge >= 0.3 is 5.97 Å². The number of halogens is 1. The van der Waals surface area contributed by atoms with Gasteiger partial charge in [0.2, 0.25) is 11.8 Å². The first-order valence-electron chi connectivity index (χ1n) is 8.78. The predicted molar refractivity (Wildman–Crippen MR) is 94.0 cm³/mol. The van der Waals surface area contributed by atoms with Gasteiger partial charge in [-0.1, -0.05) is 19.1 Å². The van der Waals surface area contributed by atoms with Gasteiger partial charge in [0.25, 0.3) is 0 Å². The summed E-state index contributed by atoms with van der Waals surface area (Å²) in [6.45, 7) is 2.61. The van der Waals surface area contributed by atoms with Crippen molar-refractivity contribution in [2.45, 2.75) is 32.1 Å². The predicted octanol–water partition coefficient (Wildman–Crippen LogP) is 2.10. The maximum Gasteiger partial charge on any atom is 0.306 e. The number of amides is 2. The monoisotopic (exact) mass is 364 g/mol. The number of benzene rings is 1. The van der Waals surface area contributed by atoms with E-state index in [1.165, 1.54) is 17.0 Å². The molecule has 0 aromatic heterocycles. The van der Waals surface area contributed by atoms with Crippen molar-refractivity contribution in [2.24, 2.45) is 5.92 Å². The molecule has 1 saturated heterocycles. The highest BCUT2D eigenvalue weighted by Gasteiger charge is 2.28. The van der Waals surface area contributed by atoms with Crippen molar-refractivity contribution >= 4 is 17.8 Å². The van der Waals surface area contributed by atoms with Crippen LogP contribution in [0, 0.1) is 11.7 Å². The van der Waals surface area contributed by atoms with Crippen molar-refractivity contribution in [2.75, 3.05) is 26.7 Å². The SMILES string of the molecule is CC(CC(=O)N(C)CC(=O)N1CCC(C(=O)O)CC1)c1cccc(F)c1. The fourth-order valence-electron chi connectivity index (χ4n) is 3.12. The minimum Gasteiger partial charge on any atom is -0.481 e. The Morgan fingerprint density at radius 3 is 2.54 bits per heavy atom. The van der Waals surface area contributed by atoms with E-state index in [1.54, 1.807) is 24.1 Å². The average molecular weight is 364 g/mol. The molecule has 2 amide bonds. The molecule has 1 heterocycles. The summed E-state index contributed by atoms with van der Waals surface area (Å²) in [5, 5.41) is 9.00. The summed E-state index contributed by atoms with van der Waals surface area (Å²) in [7, 11) is 1.57. The number of carboxylic acids is 1. The van der Waals surface area contributed by atoms with Crippen LogP contribution < -0.4 is 0 Å². The molecule has 1 aromatic rings. The third kappa shape index (κ3) is 5.28. The summed E-state index contributed by atoms with van der Waals surface area (Å²) in [5.74, 6) is -2.07. The number of hydrogen-bond acceptors (Lipinski definition) is 3. The minimum atomic E-state index is -0.823. The summed E-state index contributed by atoms with van der Waals surface area (Å²) >= 11 is 0. The first-order chi connectivity index (χ1) is 12.3. The molecule has 0 bridgehead atoms. The Labute approximate surface area is 152 Å². The van der Waals surface area contributed by atoms with Crippen LogP contribution in [0.5, 0.6) is 0 Å². The Bertz CT molecular complexity index is 671. The number of nitrogens with zero attached hydrogens (tertiary/aromatic N) is 2. The van der Waals surface area contributed by atoms with Crippen LogP contribution in [0.4, 0.5) is 4.39 Å².